The van der Waals surface area contributed by atoms with E-state index in [1.807, 2.05) is 94.4 Å². The fraction of sp³-hybridized carbons (Fsp3) is 0.341. The van der Waals surface area contributed by atoms with E-state index in [4.69, 9.17) is 14.3 Å². The van der Waals surface area contributed by atoms with E-state index in [1.165, 1.54) is 23.9 Å². The second-order valence-electron chi connectivity index (χ2n) is 14.8. The van der Waals surface area contributed by atoms with Gasteiger partial charge in [-0.1, -0.05) is 136 Å². The molecule has 0 aliphatic carbocycles. The molecule has 5 rings (SSSR count). The van der Waals surface area contributed by atoms with Crippen LogP contribution in [0.25, 0.3) is 0 Å². The van der Waals surface area contributed by atoms with Gasteiger partial charge in [0, 0.05) is 12.1 Å². The number of thioether (sulfide) groups is 1. The van der Waals surface area contributed by atoms with E-state index >= 15 is 4.79 Å². The molecule has 0 aromatic heterocycles. The predicted octanol–water partition coefficient (Wildman–Crippen LogP) is 8.19. The molecule has 1 N–H and O–H groups in total. The highest BCUT2D eigenvalue weighted by Crippen LogP contribution is 2.51. The first-order valence-electron chi connectivity index (χ1n) is 17.4. The largest absolute Gasteiger partial charge is 0.444 e. The standard InChI is InChI=1S/C41H48FN3O4SSi/c1-30(49-51(40(5,6)7,34-23-13-9-14-24-34)35-25-15-10-16-26-35)37(46)45-41(32-20-11-8-12-21-32,27-18-28-43-38(47)48-39(2,3)4)50-36(44-45)31-19-17-22-33(42)29-31/h8-17,19-26,29-30H,18,27-28H2,1-7H3,(H,43,47). The Morgan fingerprint density at radius 3 is 1.96 bits per heavy atom. The van der Waals surface area contributed by atoms with Crippen LogP contribution in [-0.2, 0) is 18.8 Å². The lowest BCUT2D eigenvalue weighted by atomic mass is 9.99. The molecule has 7 nitrogen and oxygen atoms in total. The zero-order chi connectivity index (χ0) is 36.9. The smallest absolute Gasteiger partial charge is 0.407 e. The Balaban J connectivity index is 1.57. The van der Waals surface area contributed by atoms with E-state index in [-0.39, 0.29) is 10.9 Å². The van der Waals surface area contributed by atoms with Crippen LogP contribution in [0.5, 0.6) is 0 Å². The number of nitrogens with zero attached hydrogens (tertiary/aromatic N) is 2. The second kappa shape index (κ2) is 15.6. The molecule has 0 fully saturated rings. The van der Waals surface area contributed by atoms with Gasteiger partial charge in [0.1, 0.15) is 27.4 Å². The van der Waals surface area contributed by atoms with Crippen molar-refractivity contribution in [2.75, 3.05) is 6.54 Å². The van der Waals surface area contributed by atoms with Crippen molar-refractivity contribution < 1.29 is 23.1 Å². The summed E-state index contributed by atoms with van der Waals surface area (Å²) in [7, 11) is -3.12. The summed E-state index contributed by atoms with van der Waals surface area (Å²) in [5.41, 5.74) is 0.797. The van der Waals surface area contributed by atoms with Gasteiger partial charge in [-0.15, -0.1) is 0 Å². The third-order valence-corrected chi connectivity index (χ3v) is 15.4. The van der Waals surface area contributed by atoms with Gasteiger partial charge in [0.15, 0.2) is 0 Å². The lowest BCUT2D eigenvalue weighted by Crippen LogP contribution is -2.68. The summed E-state index contributed by atoms with van der Waals surface area (Å²) in [5.74, 6) is -0.707. The molecule has 0 bridgehead atoms. The molecule has 4 aromatic rings. The van der Waals surface area contributed by atoms with Crippen LogP contribution < -0.4 is 15.7 Å². The number of hydrazone groups is 1. The van der Waals surface area contributed by atoms with Crippen LogP contribution in [0.1, 0.15) is 72.4 Å². The summed E-state index contributed by atoms with van der Waals surface area (Å²) in [6.07, 6.45) is -0.485. The monoisotopic (exact) mass is 725 g/mol. The quantitative estimate of drug-likeness (QED) is 0.125. The third kappa shape index (κ3) is 8.46. The molecule has 51 heavy (non-hydrogen) atoms. The highest BCUT2D eigenvalue weighted by molar-refractivity contribution is 8.15. The number of amides is 2. The number of benzene rings is 4. The normalized spacial score (nSPS) is 17.1. The third-order valence-electron chi connectivity index (χ3n) is 8.78. The van der Waals surface area contributed by atoms with Crippen LogP contribution in [0.4, 0.5) is 9.18 Å². The topological polar surface area (TPSA) is 80.2 Å². The minimum absolute atomic E-state index is 0.314. The molecule has 0 spiro atoms. The van der Waals surface area contributed by atoms with Crippen molar-refractivity contribution in [2.45, 2.75) is 82.9 Å². The van der Waals surface area contributed by atoms with E-state index in [0.29, 0.717) is 30.0 Å². The molecular weight excluding hydrogens is 678 g/mol. The molecule has 4 aromatic carbocycles. The van der Waals surface area contributed by atoms with Crippen molar-refractivity contribution in [3.63, 3.8) is 0 Å². The van der Waals surface area contributed by atoms with Gasteiger partial charge < -0.3 is 14.5 Å². The van der Waals surface area contributed by atoms with E-state index in [0.717, 1.165) is 15.9 Å². The van der Waals surface area contributed by atoms with Crippen molar-refractivity contribution in [3.05, 3.63) is 132 Å². The first-order chi connectivity index (χ1) is 24.2. The van der Waals surface area contributed by atoms with Crippen molar-refractivity contribution >= 4 is 47.5 Å². The molecule has 2 amide bonds. The molecule has 0 radical (unpaired) electrons. The molecular formula is C41H48FN3O4SSi. The molecule has 0 saturated carbocycles. The molecule has 0 saturated heterocycles. The summed E-state index contributed by atoms with van der Waals surface area (Å²) < 4.78 is 27.3. The highest BCUT2D eigenvalue weighted by atomic mass is 32.2. The summed E-state index contributed by atoms with van der Waals surface area (Å²) in [4.78, 5) is 26.6. The van der Waals surface area contributed by atoms with Crippen LogP contribution in [-0.4, -0.2) is 48.6 Å². The summed E-state index contributed by atoms with van der Waals surface area (Å²) in [6.45, 7) is 14.1. The number of hydrogen-bond acceptors (Lipinski definition) is 6. The Bertz CT molecular complexity index is 1790. The van der Waals surface area contributed by atoms with Gasteiger partial charge in [-0.05, 0) is 73.6 Å². The minimum atomic E-state index is -3.12. The summed E-state index contributed by atoms with van der Waals surface area (Å²) >= 11 is 1.41. The molecule has 10 heteroatoms. The Labute approximate surface area is 306 Å². The average Bonchev–Trinajstić information content (AvgIpc) is 3.49. The SMILES string of the molecule is CC(O[Si](c1ccccc1)(c1ccccc1)C(C)(C)C)C(=O)N1N=C(c2cccc(F)c2)SC1(CCCNC(=O)OC(C)(C)C)c1ccccc1. The zero-order valence-electron chi connectivity index (χ0n) is 30.5. The molecule has 2 atom stereocenters. The predicted molar refractivity (Wildman–Crippen MR) is 207 cm³/mol. The van der Waals surface area contributed by atoms with Crippen molar-refractivity contribution in [3.8, 4) is 0 Å². The fourth-order valence-corrected chi connectivity index (χ4v) is 12.6. The Morgan fingerprint density at radius 1 is 0.863 bits per heavy atom. The molecule has 1 aliphatic heterocycles. The number of carbonyl (C=O) groups is 2. The van der Waals surface area contributed by atoms with Gasteiger partial charge >= 0.3 is 6.09 Å². The number of carbonyl (C=O) groups excluding carboxylic acids is 2. The Kier molecular flexibility index (Phi) is 11.6. The second-order valence-corrected chi connectivity index (χ2v) is 20.3. The number of nitrogens with one attached hydrogen (secondary N) is 1. The van der Waals surface area contributed by atoms with E-state index in [9.17, 15) is 9.18 Å². The van der Waals surface area contributed by atoms with E-state index in [2.05, 4.69) is 50.4 Å². The molecule has 2 unspecified atom stereocenters. The first-order valence-corrected chi connectivity index (χ1v) is 20.1. The lowest BCUT2D eigenvalue weighted by molar-refractivity contribution is -0.142. The highest BCUT2D eigenvalue weighted by Gasteiger charge is 2.54. The number of rotatable bonds is 11. The van der Waals surface area contributed by atoms with Gasteiger partial charge in [-0.25, -0.2) is 14.2 Å². The van der Waals surface area contributed by atoms with Crippen LogP contribution in [0.2, 0.25) is 5.04 Å². The minimum Gasteiger partial charge on any atom is -0.444 e. The van der Waals surface area contributed by atoms with Crippen molar-refractivity contribution in [2.24, 2.45) is 5.10 Å². The summed E-state index contributed by atoms with van der Waals surface area (Å²) in [6, 6.07) is 36.4. The summed E-state index contributed by atoms with van der Waals surface area (Å²) in [5, 5.41) is 11.7. The van der Waals surface area contributed by atoms with Crippen molar-refractivity contribution in [1.29, 1.82) is 0 Å². The maximum absolute atomic E-state index is 15.1. The van der Waals surface area contributed by atoms with Gasteiger partial charge in [0.25, 0.3) is 14.2 Å². The first kappa shape index (κ1) is 38.0. The lowest BCUT2D eigenvalue weighted by Gasteiger charge is -2.45. The maximum atomic E-state index is 15.1. The zero-order valence-corrected chi connectivity index (χ0v) is 32.3. The maximum Gasteiger partial charge on any atom is 0.407 e. The number of alkyl carbamates (subject to hydrolysis) is 1. The van der Waals surface area contributed by atoms with E-state index in [1.54, 1.807) is 17.1 Å². The van der Waals surface area contributed by atoms with Crippen LogP contribution >= 0.6 is 11.8 Å². The number of hydrogen-bond donors (Lipinski definition) is 1. The van der Waals surface area contributed by atoms with Gasteiger partial charge in [0.2, 0.25) is 0 Å². The van der Waals surface area contributed by atoms with Crippen LogP contribution in [0.15, 0.2) is 120 Å². The van der Waals surface area contributed by atoms with Crippen LogP contribution in [0.3, 0.4) is 0 Å². The van der Waals surface area contributed by atoms with Gasteiger partial charge in [0.05, 0.1) is 0 Å². The Morgan fingerprint density at radius 2 is 1.43 bits per heavy atom. The van der Waals surface area contributed by atoms with Crippen LogP contribution in [0, 0.1) is 5.82 Å². The molecule has 268 valence electrons. The fourth-order valence-electron chi connectivity index (χ4n) is 6.55. The van der Waals surface area contributed by atoms with Crippen molar-refractivity contribution in [1.82, 2.24) is 10.3 Å². The van der Waals surface area contributed by atoms with Gasteiger partial charge in [-0.2, -0.15) is 5.10 Å². The number of ether oxygens (including phenoxy) is 1. The molecule has 1 aliphatic rings. The van der Waals surface area contributed by atoms with E-state index < -0.39 is 36.8 Å². The number of halogens is 1. The average molecular weight is 726 g/mol. The van der Waals surface area contributed by atoms with Gasteiger partial charge in [-0.3, -0.25) is 4.79 Å². The molecule has 1 heterocycles. The Hall–Kier alpha value is -4.25.